The second-order valence-electron chi connectivity index (χ2n) is 5.64. The summed E-state index contributed by atoms with van der Waals surface area (Å²) in [6.07, 6.45) is -2.75. The Kier molecular flexibility index (Phi) is 5.79. The van der Waals surface area contributed by atoms with Crippen LogP contribution < -0.4 is 5.32 Å². The van der Waals surface area contributed by atoms with Gasteiger partial charge in [0.25, 0.3) is 0 Å². The Hall–Kier alpha value is -2.02. The van der Waals surface area contributed by atoms with Gasteiger partial charge in [-0.2, -0.15) is 13.2 Å². The molecule has 0 saturated carbocycles. The topological polar surface area (TPSA) is 37.8 Å². The third-order valence-electron chi connectivity index (χ3n) is 3.64. The molecule has 140 valence electrons. The van der Waals surface area contributed by atoms with Gasteiger partial charge >= 0.3 is 6.18 Å². The highest BCUT2D eigenvalue weighted by Crippen LogP contribution is 2.36. The van der Waals surface area contributed by atoms with Crippen molar-refractivity contribution in [2.24, 2.45) is 0 Å². The highest BCUT2D eigenvalue weighted by atomic mass is 35.5. The quantitative estimate of drug-likeness (QED) is 0.493. The Labute approximate surface area is 168 Å². The molecule has 3 rings (SSSR count). The second-order valence-corrected chi connectivity index (χ2v) is 6.86. The smallest absolute Gasteiger partial charge is 0.340 e. The minimum absolute atomic E-state index is 0.214. The second kappa shape index (κ2) is 7.92. The molecular weight excluding hydrogens is 422 g/mol. The van der Waals surface area contributed by atoms with E-state index in [-0.39, 0.29) is 10.7 Å². The molecular formula is C18H11Cl3F3N3. The Morgan fingerprint density at radius 1 is 0.852 bits per heavy atom. The first kappa shape index (κ1) is 19.7. The summed E-state index contributed by atoms with van der Waals surface area (Å²) < 4.78 is 38.9. The van der Waals surface area contributed by atoms with Crippen LogP contribution in [0.25, 0.3) is 0 Å². The lowest BCUT2D eigenvalue weighted by Gasteiger charge is -2.12. The van der Waals surface area contributed by atoms with E-state index in [2.05, 4.69) is 15.3 Å². The van der Waals surface area contributed by atoms with E-state index in [4.69, 9.17) is 34.8 Å². The number of hydrogen-bond acceptors (Lipinski definition) is 3. The molecule has 0 unspecified atom stereocenters. The maximum Gasteiger partial charge on any atom is 0.417 e. The van der Waals surface area contributed by atoms with Crippen LogP contribution in [0.3, 0.4) is 0 Å². The maximum absolute atomic E-state index is 13.0. The van der Waals surface area contributed by atoms with Crippen LogP contribution in [0.2, 0.25) is 15.1 Å². The van der Waals surface area contributed by atoms with E-state index in [0.717, 1.165) is 11.6 Å². The normalized spacial score (nSPS) is 11.5. The van der Waals surface area contributed by atoms with Gasteiger partial charge < -0.3 is 5.32 Å². The molecule has 3 nitrogen and oxygen atoms in total. The number of rotatable bonds is 4. The van der Waals surface area contributed by atoms with Gasteiger partial charge in [-0.25, -0.2) is 9.97 Å². The molecule has 0 atom stereocenters. The fourth-order valence-corrected chi connectivity index (χ4v) is 2.93. The van der Waals surface area contributed by atoms with Crippen molar-refractivity contribution in [1.29, 1.82) is 0 Å². The van der Waals surface area contributed by atoms with Gasteiger partial charge in [-0.1, -0.05) is 40.9 Å². The molecule has 0 radical (unpaired) electrons. The number of hydrogen-bond donors (Lipinski definition) is 1. The monoisotopic (exact) mass is 431 g/mol. The van der Waals surface area contributed by atoms with E-state index >= 15 is 0 Å². The number of nitrogens with zero attached hydrogens (tertiary/aromatic N) is 2. The molecule has 2 aromatic carbocycles. The molecule has 1 N–H and O–H groups in total. The first-order chi connectivity index (χ1) is 12.7. The number of halogens is 6. The van der Waals surface area contributed by atoms with Crippen LogP contribution >= 0.6 is 34.8 Å². The van der Waals surface area contributed by atoms with Gasteiger partial charge in [0.05, 0.1) is 26.3 Å². The van der Waals surface area contributed by atoms with Crippen LogP contribution in [0.4, 0.5) is 24.7 Å². The van der Waals surface area contributed by atoms with E-state index in [1.54, 1.807) is 18.2 Å². The zero-order chi connectivity index (χ0) is 19.6. The van der Waals surface area contributed by atoms with Crippen molar-refractivity contribution in [3.8, 4) is 0 Å². The predicted molar refractivity (Wildman–Crippen MR) is 101 cm³/mol. The lowest BCUT2D eigenvalue weighted by Crippen LogP contribution is -2.07. The summed E-state index contributed by atoms with van der Waals surface area (Å²) in [6.45, 7) is 0. The molecule has 27 heavy (non-hydrogen) atoms. The van der Waals surface area contributed by atoms with Crippen molar-refractivity contribution in [2.75, 3.05) is 5.32 Å². The van der Waals surface area contributed by atoms with Gasteiger partial charge in [0, 0.05) is 18.2 Å². The fourth-order valence-electron chi connectivity index (χ4n) is 2.39. The summed E-state index contributed by atoms with van der Waals surface area (Å²) in [7, 11) is 0. The van der Waals surface area contributed by atoms with Crippen molar-refractivity contribution in [3.05, 3.63) is 80.7 Å². The van der Waals surface area contributed by atoms with Gasteiger partial charge in [0.1, 0.15) is 12.1 Å². The van der Waals surface area contributed by atoms with E-state index in [1.807, 2.05) is 6.07 Å². The molecule has 0 aliphatic heterocycles. The lowest BCUT2D eigenvalue weighted by molar-refractivity contribution is -0.137. The van der Waals surface area contributed by atoms with Gasteiger partial charge in [-0.05, 0) is 35.9 Å². The Morgan fingerprint density at radius 3 is 2.30 bits per heavy atom. The van der Waals surface area contributed by atoms with Crippen molar-refractivity contribution in [2.45, 2.75) is 12.6 Å². The SMILES string of the molecule is FC(F)(F)c1cc(Nc2cc(Cc3ccc(Cl)c(Cl)c3)ncn2)ccc1Cl. The van der Waals surface area contributed by atoms with Gasteiger partial charge in [0.2, 0.25) is 0 Å². The average Bonchev–Trinajstić information content (AvgIpc) is 2.59. The molecule has 0 saturated heterocycles. The van der Waals surface area contributed by atoms with E-state index in [0.29, 0.717) is 28.0 Å². The van der Waals surface area contributed by atoms with Crippen molar-refractivity contribution in [1.82, 2.24) is 9.97 Å². The average molecular weight is 433 g/mol. The van der Waals surface area contributed by atoms with Crippen molar-refractivity contribution in [3.63, 3.8) is 0 Å². The fraction of sp³-hybridized carbons (Fsp3) is 0.111. The Bertz CT molecular complexity index is 978. The summed E-state index contributed by atoms with van der Waals surface area (Å²) in [5, 5.41) is 3.35. The number of nitrogens with one attached hydrogen (secondary N) is 1. The van der Waals surface area contributed by atoms with Crippen LogP contribution in [0.5, 0.6) is 0 Å². The van der Waals surface area contributed by atoms with Gasteiger partial charge in [-0.15, -0.1) is 0 Å². The molecule has 0 spiro atoms. The molecule has 0 aliphatic carbocycles. The standard InChI is InChI=1S/C18H11Cl3F3N3/c19-14-4-2-11(7-13(14)18(22,23)24)27-17-8-12(25-9-26-17)5-10-1-3-15(20)16(21)6-10/h1-4,6-9H,5H2,(H,25,26,27). The highest BCUT2D eigenvalue weighted by molar-refractivity contribution is 6.42. The zero-order valence-corrected chi connectivity index (χ0v) is 15.8. The molecule has 1 aromatic heterocycles. The molecule has 1 heterocycles. The van der Waals surface area contributed by atoms with Crippen LogP contribution in [0.1, 0.15) is 16.8 Å². The maximum atomic E-state index is 13.0. The van der Waals surface area contributed by atoms with Gasteiger partial charge in [-0.3, -0.25) is 0 Å². The van der Waals surface area contributed by atoms with E-state index in [9.17, 15) is 13.2 Å². The molecule has 0 aliphatic rings. The van der Waals surface area contributed by atoms with E-state index < -0.39 is 11.7 Å². The Balaban J connectivity index is 1.81. The van der Waals surface area contributed by atoms with Crippen molar-refractivity contribution >= 4 is 46.3 Å². The lowest BCUT2D eigenvalue weighted by atomic mass is 10.1. The Morgan fingerprint density at radius 2 is 1.59 bits per heavy atom. The zero-order valence-electron chi connectivity index (χ0n) is 13.5. The summed E-state index contributed by atoms with van der Waals surface area (Å²) in [4.78, 5) is 8.21. The van der Waals surface area contributed by atoms with E-state index in [1.165, 1.54) is 18.5 Å². The molecule has 3 aromatic rings. The highest BCUT2D eigenvalue weighted by Gasteiger charge is 2.33. The number of anilines is 2. The first-order valence-corrected chi connectivity index (χ1v) is 8.74. The van der Waals surface area contributed by atoms with Gasteiger partial charge in [0.15, 0.2) is 0 Å². The third-order valence-corrected chi connectivity index (χ3v) is 4.71. The third kappa shape index (κ3) is 5.03. The van der Waals surface area contributed by atoms with Crippen LogP contribution in [-0.4, -0.2) is 9.97 Å². The summed E-state index contributed by atoms with van der Waals surface area (Å²) in [6, 6.07) is 10.4. The van der Waals surface area contributed by atoms with Crippen LogP contribution in [0.15, 0.2) is 48.8 Å². The number of benzene rings is 2. The molecule has 9 heteroatoms. The predicted octanol–water partition coefficient (Wildman–Crippen LogP) is 6.79. The summed E-state index contributed by atoms with van der Waals surface area (Å²) in [5.74, 6) is 0.357. The van der Waals surface area contributed by atoms with Crippen LogP contribution in [-0.2, 0) is 12.6 Å². The largest absolute Gasteiger partial charge is 0.417 e. The minimum atomic E-state index is -4.54. The number of aromatic nitrogens is 2. The summed E-state index contributed by atoms with van der Waals surface area (Å²) in [5.41, 5.74) is 0.848. The van der Waals surface area contributed by atoms with Crippen molar-refractivity contribution < 1.29 is 13.2 Å². The molecule has 0 amide bonds. The number of alkyl halides is 3. The van der Waals surface area contributed by atoms with Crippen LogP contribution in [0, 0.1) is 0 Å². The minimum Gasteiger partial charge on any atom is -0.340 e. The first-order valence-electron chi connectivity index (χ1n) is 7.61. The summed E-state index contributed by atoms with van der Waals surface area (Å²) >= 11 is 17.5. The molecule has 0 bridgehead atoms. The molecule has 0 fully saturated rings.